The number of rotatable bonds is 1. The predicted octanol–water partition coefficient (Wildman–Crippen LogP) is 1.88. The number of nitrogens with zero attached hydrogens (tertiary/aromatic N) is 4. The van der Waals surface area contributed by atoms with Crippen LogP contribution in [0.25, 0.3) is 11.0 Å². The summed E-state index contributed by atoms with van der Waals surface area (Å²) < 4.78 is 1.75. The summed E-state index contributed by atoms with van der Waals surface area (Å²) in [5.74, 6) is 0. The summed E-state index contributed by atoms with van der Waals surface area (Å²) in [6.07, 6.45) is 2.64. The first-order valence-electron chi connectivity index (χ1n) is 7.96. The molecule has 1 aliphatic rings. The number of fused-ring (bicyclic) bond motifs is 1. The number of carbonyl (C=O) groups excluding carboxylic acids is 1. The van der Waals surface area contributed by atoms with Crippen LogP contribution in [0.1, 0.15) is 26.0 Å². The van der Waals surface area contributed by atoms with Gasteiger partial charge in [0.2, 0.25) is 0 Å². The number of nitrogens with one attached hydrogen (secondary N) is 2. The maximum absolute atomic E-state index is 12.6. The summed E-state index contributed by atoms with van der Waals surface area (Å²) in [7, 11) is 1.87. The first kappa shape index (κ1) is 15.7. The molecule has 2 aromatic rings. The van der Waals surface area contributed by atoms with Crippen LogP contribution >= 0.6 is 0 Å². The maximum atomic E-state index is 12.6. The molecule has 124 valence electrons. The van der Waals surface area contributed by atoms with Gasteiger partial charge in [0.1, 0.15) is 0 Å². The number of aryl methyl sites for hydroxylation is 2. The number of hydrogen-bond acceptors (Lipinski definition) is 4. The molecule has 0 atom stereocenters. The average Bonchev–Trinajstić information content (AvgIpc) is 2.66. The Morgan fingerprint density at radius 2 is 2.22 bits per heavy atom. The largest absolute Gasteiger partial charge is 0.323 e. The Bertz CT molecular complexity index is 735. The highest BCUT2D eigenvalue weighted by Crippen LogP contribution is 2.20. The highest BCUT2D eigenvalue weighted by Gasteiger charge is 2.27. The van der Waals surface area contributed by atoms with Crippen LogP contribution in [0.4, 0.5) is 10.5 Å². The van der Waals surface area contributed by atoms with Gasteiger partial charge in [0.25, 0.3) is 0 Å². The van der Waals surface area contributed by atoms with Crippen molar-refractivity contribution in [1.29, 1.82) is 0 Å². The zero-order chi connectivity index (χ0) is 16.6. The van der Waals surface area contributed by atoms with Crippen molar-refractivity contribution in [3.8, 4) is 0 Å². The number of urea groups is 1. The minimum atomic E-state index is -0.0792. The molecule has 1 aliphatic heterocycles. The smallest absolute Gasteiger partial charge is 0.321 e. The summed E-state index contributed by atoms with van der Waals surface area (Å²) in [6, 6.07) is 1.86. The second-order valence-corrected chi connectivity index (χ2v) is 6.82. The van der Waals surface area contributed by atoms with Crippen LogP contribution in [0.5, 0.6) is 0 Å². The number of aromatic nitrogens is 3. The molecule has 0 saturated carbocycles. The Morgan fingerprint density at radius 3 is 3.00 bits per heavy atom. The van der Waals surface area contributed by atoms with Gasteiger partial charge in [0, 0.05) is 31.1 Å². The molecule has 0 radical (unpaired) electrons. The zero-order valence-electron chi connectivity index (χ0n) is 14.2. The summed E-state index contributed by atoms with van der Waals surface area (Å²) in [5.41, 5.74) is 2.36. The van der Waals surface area contributed by atoms with Crippen molar-refractivity contribution in [2.75, 3.05) is 25.0 Å². The third kappa shape index (κ3) is 3.29. The van der Waals surface area contributed by atoms with Crippen molar-refractivity contribution in [2.24, 2.45) is 7.05 Å². The molecule has 3 heterocycles. The number of carbonyl (C=O) groups is 1. The molecule has 0 aliphatic carbocycles. The molecule has 7 heteroatoms. The molecule has 0 aromatic carbocycles. The normalized spacial score (nSPS) is 18.0. The summed E-state index contributed by atoms with van der Waals surface area (Å²) in [6.45, 7) is 8.54. The Kier molecular flexibility index (Phi) is 3.97. The monoisotopic (exact) mass is 316 g/mol. The van der Waals surface area contributed by atoms with E-state index in [1.807, 2.05) is 24.9 Å². The molecular formula is C16H24N6O. The van der Waals surface area contributed by atoms with Crippen LogP contribution in [-0.2, 0) is 7.05 Å². The fourth-order valence-electron chi connectivity index (χ4n) is 3.06. The van der Waals surface area contributed by atoms with E-state index >= 15 is 0 Å². The molecule has 2 aromatic heterocycles. The average molecular weight is 316 g/mol. The molecular weight excluding hydrogens is 292 g/mol. The van der Waals surface area contributed by atoms with Crippen molar-refractivity contribution in [3.63, 3.8) is 0 Å². The standard InChI is InChI=1S/C16H24N6O/c1-11-13-8-12(9-17-14(13)21(4)20-11)19-15(23)22-7-5-6-18-16(2,3)10-22/h8-9,18H,5-7,10H2,1-4H3,(H,19,23). The summed E-state index contributed by atoms with van der Waals surface area (Å²) >= 11 is 0. The van der Waals surface area contributed by atoms with Gasteiger partial charge in [-0.1, -0.05) is 0 Å². The van der Waals surface area contributed by atoms with Gasteiger partial charge >= 0.3 is 6.03 Å². The topological polar surface area (TPSA) is 75.1 Å². The van der Waals surface area contributed by atoms with E-state index in [-0.39, 0.29) is 11.6 Å². The van der Waals surface area contributed by atoms with Gasteiger partial charge in [-0.05, 0) is 39.8 Å². The molecule has 0 bridgehead atoms. The molecule has 0 spiro atoms. The van der Waals surface area contributed by atoms with Crippen LogP contribution in [0.15, 0.2) is 12.3 Å². The Morgan fingerprint density at radius 1 is 1.43 bits per heavy atom. The van der Waals surface area contributed by atoms with Crippen molar-refractivity contribution in [2.45, 2.75) is 32.7 Å². The highest BCUT2D eigenvalue weighted by atomic mass is 16.2. The molecule has 23 heavy (non-hydrogen) atoms. The second kappa shape index (κ2) is 5.81. The minimum absolute atomic E-state index is 0.0734. The zero-order valence-corrected chi connectivity index (χ0v) is 14.2. The first-order chi connectivity index (χ1) is 10.9. The Hall–Kier alpha value is -2.15. The Balaban J connectivity index is 1.78. The van der Waals surface area contributed by atoms with E-state index in [0.717, 1.165) is 36.2 Å². The van der Waals surface area contributed by atoms with Gasteiger partial charge in [-0.3, -0.25) is 4.68 Å². The third-order valence-electron chi connectivity index (χ3n) is 4.20. The lowest BCUT2D eigenvalue weighted by molar-refractivity contribution is 0.201. The third-order valence-corrected chi connectivity index (χ3v) is 4.20. The van der Waals surface area contributed by atoms with Gasteiger partial charge in [-0.2, -0.15) is 5.10 Å². The molecule has 1 fully saturated rings. The maximum Gasteiger partial charge on any atom is 0.321 e. The second-order valence-electron chi connectivity index (χ2n) is 6.82. The van der Waals surface area contributed by atoms with Crippen LogP contribution < -0.4 is 10.6 Å². The van der Waals surface area contributed by atoms with Crippen LogP contribution in [0.3, 0.4) is 0 Å². The van der Waals surface area contributed by atoms with E-state index in [9.17, 15) is 4.79 Å². The van der Waals surface area contributed by atoms with E-state index in [2.05, 4.69) is 34.6 Å². The molecule has 2 amide bonds. The van der Waals surface area contributed by atoms with Gasteiger partial charge in [-0.25, -0.2) is 9.78 Å². The summed E-state index contributed by atoms with van der Waals surface area (Å²) in [5, 5.41) is 11.7. The van der Waals surface area contributed by atoms with Crippen molar-refractivity contribution in [1.82, 2.24) is 25.0 Å². The van der Waals surface area contributed by atoms with Gasteiger partial charge < -0.3 is 15.5 Å². The molecule has 1 saturated heterocycles. The van der Waals surface area contributed by atoms with Gasteiger partial charge in [-0.15, -0.1) is 0 Å². The SMILES string of the molecule is Cc1nn(C)c2ncc(NC(=O)N3CCCNC(C)(C)C3)cc12. The summed E-state index contributed by atoms with van der Waals surface area (Å²) in [4.78, 5) is 18.8. The van der Waals surface area contributed by atoms with Gasteiger partial charge in [0.05, 0.1) is 17.6 Å². The number of hydrogen-bond donors (Lipinski definition) is 2. The molecule has 0 unspecified atom stereocenters. The molecule has 2 N–H and O–H groups in total. The van der Waals surface area contributed by atoms with Crippen LogP contribution in [-0.4, -0.2) is 50.9 Å². The quantitative estimate of drug-likeness (QED) is 0.842. The van der Waals surface area contributed by atoms with Crippen LogP contribution in [0, 0.1) is 6.92 Å². The molecule has 3 rings (SSSR count). The lowest BCUT2D eigenvalue weighted by atomic mass is 10.1. The lowest BCUT2D eigenvalue weighted by Crippen LogP contribution is -2.48. The number of anilines is 1. The van der Waals surface area contributed by atoms with E-state index < -0.39 is 0 Å². The predicted molar refractivity (Wildman–Crippen MR) is 90.5 cm³/mol. The van der Waals surface area contributed by atoms with Gasteiger partial charge in [0.15, 0.2) is 5.65 Å². The fourth-order valence-corrected chi connectivity index (χ4v) is 3.06. The van der Waals surface area contributed by atoms with E-state index in [1.165, 1.54) is 0 Å². The minimum Gasteiger partial charge on any atom is -0.323 e. The van der Waals surface area contributed by atoms with E-state index in [4.69, 9.17) is 0 Å². The van der Waals surface area contributed by atoms with Crippen molar-refractivity contribution < 1.29 is 4.79 Å². The van der Waals surface area contributed by atoms with Crippen molar-refractivity contribution in [3.05, 3.63) is 18.0 Å². The van der Waals surface area contributed by atoms with Crippen LogP contribution in [0.2, 0.25) is 0 Å². The fraction of sp³-hybridized carbons (Fsp3) is 0.562. The number of amides is 2. The highest BCUT2D eigenvalue weighted by molar-refractivity contribution is 5.92. The van der Waals surface area contributed by atoms with E-state index in [0.29, 0.717) is 12.2 Å². The number of pyridine rings is 1. The first-order valence-corrected chi connectivity index (χ1v) is 7.96. The van der Waals surface area contributed by atoms with Crippen molar-refractivity contribution >= 4 is 22.8 Å². The molecule has 7 nitrogen and oxygen atoms in total. The lowest BCUT2D eigenvalue weighted by Gasteiger charge is -2.30. The Labute approximate surface area is 136 Å². The van der Waals surface area contributed by atoms with E-state index in [1.54, 1.807) is 10.9 Å².